The van der Waals surface area contributed by atoms with Crippen LogP contribution in [-0.4, -0.2) is 26.2 Å². The number of anilines is 3. The van der Waals surface area contributed by atoms with Gasteiger partial charge in [0.1, 0.15) is 11.6 Å². The van der Waals surface area contributed by atoms with Crippen LogP contribution in [0.2, 0.25) is 0 Å². The van der Waals surface area contributed by atoms with Crippen molar-refractivity contribution in [2.45, 2.75) is 66.1 Å². The summed E-state index contributed by atoms with van der Waals surface area (Å²) in [6.07, 6.45) is 3.79. The number of hydrogen-bond acceptors (Lipinski definition) is 5. The Morgan fingerprint density at radius 1 is 1.06 bits per heavy atom. The van der Waals surface area contributed by atoms with Crippen LogP contribution in [0.1, 0.15) is 55.6 Å². The first-order chi connectivity index (χ1) is 14.7. The summed E-state index contributed by atoms with van der Waals surface area (Å²) in [4.78, 5) is 7.09. The summed E-state index contributed by atoms with van der Waals surface area (Å²) >= 11 is 0. The number of nitrogens with two attached hydrogens (primary N) is 1. The van der Waals surface area contributed by atoms with Gasteiger partial charge < -0.3 is 11.1 Å². The van der Waals surface area contributed by atoms with Gasteiger partial charge in [0.05, 0.1) is 11.2 Å². The number of nitrogen functional groups attached to an aromatic ring is 1. The monoisotopic (exact) mass is 418 g/mol. The molecule has 6 nitrogen and oxygen atoms in total. The predicted molar refractivity (Wildman–Crippen MR) is 128 cm³/mol. The van der Waals surface area contributed by atoms with Crippen LogP contribution in [0.25, 0.3) is 0 Å². The first kappa shape index (κ1) is 21.4. The number of benzene rings is 1. The molecule has 0 radical (unpaired) electrons. The quantitative estimate of drug-likeness (QED) is 0.563. The van der Waals surface area contributed by atoms with Gasteiger partial charge in [-0.25, -0.2) is 9.67 Å². The van der Waals surface area contributed by atoms with E-state index >= 15 is 0 Å². The van der Waals surface area contributed by atoms with Gasteiger partial charge in [0.15, 0.2) is 0 Å². The summed E-state index contributed by atoms with van der Waals surface area (Å²) in [5.74, 6) is 1.85. The Bertz CT molecular complexity index is 1080. The fourth-order valence-corrected chi connectivity index (χ4v) is 4.15. The Hall–Kier alpha value is -2.86. The molecule has 3 N–H and O–H groups in total. The number of aromatic nitrogens is 3. The zero-order valence-corrected chi connectivity index (χ0v) is 19.4. The van der Waals surface area contributed by atoms with Crippen molar-refractivity contribution in [3.8, 4) is 0 Å². The van der Waals surface area contributed by atoms with Crippen molar-refractivity contribution in [1.29, 1.82) is 0 Å². The lowest BCUT2D eigenvalue weighted by molar-refractivity contribution is 0.301. The van der Waals surface area contributed by atoms with Crippen LogP contribution in [0.5, 0.6) is 0 Å². The Kier molecular flexibility index (Phi) is 5.75. The summed E-state index contributed by atoms with van der Waals surface area (Å²) in [6, 6.07) is 10.5. The van der Waals surface area contributed by atoms with Crippen molar-refractivity contribution in [3.63, 3.8) is 0 Å². The van der Waals surface area contributed by atoms with Crippen molar-refractivity contribution >= 4 is 17.3 Å². The van der Waals surface area contributed by atoms with E-state index in [1.807, 2.05) is 12.3 Å². The molecule has 2 aromatic heterocycles. The van der Waals surface area contributed by atoms with Gasteiger partial charge in [-0.1, -0.05) is 13.0 Å². The van der Waals surface area contributed by atoms with Crippen LogP contribution >= 0.6 is 0 Å². The van der Waals surface area contributed by atoms with Gasteiger partial charge in [-0.3, -0.25) is 4.90 Å². The lowest BCUT2D eigenvalue weighted by Crippen LogP contribution is -2.24. The average Bonchev–Trinajstić information content (AvgIpc) is 3.32. The van der Waals surface area contributed by atoms with Gasteiger partial charge in [-0.2, -0.15) is 5.10 Å². The largest absolute Gasteiger partial charge is 0.399 e. The second kappa shape index (κ2) is 8.35. The molecule has 0 saturated carbocycles. The van der Waals surface area contributed by atoms with E-state index in [0.29, 0.717) is 0 Å². The van der Waals surface area contributed by atoms with Gasteiger partial charge in [-0.05, 0) is 87.5 Å². The molecule has 0 fully saturated rings. The molecule has 164 valence electrons. The summed E-state index contributed by atoms with van der Waals surface area (Å²) in [7, 11) is 0. The van der Waals surface area contributed by atoms with Gasteiger partial charge in [0.25, 0.3) is 0 Å². The highest BCUT2D eigenvalue weighted by atomic mass is 15.4. The topological polar surface area (TPSA) is 72.0 Å². The van der Waals surface area contributed by atoms with Crippen LogP contribution in [0.3, 0.4) is 0 Å². The van der Waals surface area contributed by atoms with Crippen molar-refractivity contribution in [1.82, 2.24) is 19.7 Å². The Balaban J connectivity index is 1.55. The summed E-state index contributed by atoms with van der Waals surface area (Å²) < 4.78 is 2.07. The van der Waals surface area contributed by atoms with E-state index in [4.69, 9.17) is 10.8 Å². The zero-order valence-electron chi connectivity index (χ0n) is 19.4. The molecule has 0 spiro atoms. The second-order valence-electron chi connectivity index (χ2n) is 9.56. The smallest absolute Gasteiger partial charge is 0.131 e. The number of pyridine rings is 1. The minimum Gasteiger partial charge on any atom is -0.399 e. The molecule has 0 bridgehead atoms. The van der Waals surface area contributed by atoms with E-state index in [1.165, 1.54) is 22.3 Å². The lowest BCUT2D eigenvalue weighted by Gasteiger charge is -2.22. The minimum atomic E-state index is -0.136. The maximum Gasteiger partial charge on any atom is 0.131 e. The molecule has 3 aromatic rings. The molecule has 3 heterocycles. The van der Waals surface area contributed by atoms with Crippen molar-refractivity contribution in [3.05, 3.63) is 64.5 Å². The molecule has 31 heavy (non-hydrogen) atoms. The fourth-order valence-electron chi connectivity index (χ4n) is 4.15. The molecule has 0 atom stereocenters. The number of fused-ring (bicyclic) bond motifs is 1. The van der Waals surface area contributed by atoms with Crippen LogP contribution in [0.4, 0.5) is 17.3 Å². The molecule has 1 aliphatic heterocycles. The van der Waals surface area contributed by atoms with Crippen molar-refractivity contribution in [2.24, 2.45) is 0 Å². The summed E-state index contributed by atoms with van der Waals surface area (Å²) in [5.41, 5.74) is 13.0. The average molecular weight is 419 g/mol. The molecular weight excluding hydrogens is 384 g/mol. The van der Waals surface area contributed by atoms with E-state index in [1.54, 1.807) is 0 Å². The second-order valence-corrected chi connectivity index (χ2v) is 9.56. The highest BCUT2D eigenvalue weighted by Crippen LogP contribution is 2.28. The first-order valence-electron chi connectivity index (χ1n) is 11.1. The van der Waals surface area contributed by atoms with Crippen molar-refractivity contribution in [2.75, 3.05) is 17.6 Å². The molecule has 6 heteroatoms. The van der Waals surface area contributed by atoms with Crippen LogP contribution in [-0.2, 0) is 31.5 Å². The van der Waals surface area contributed by atoms with Gasteiger partial charge >= 0.3 is 0 Å². The van der Waals surface area contributed by atoms with Crippen LogP contribution in [0, 0.1) is 6.92 Å². The Morgan fingerprint density at radius 3 is 2.58 bits per heavy atom. The number of rotatable bonds is 6. The van der Waals surface area contributed by atoms with Crippen LogP contribution in [0.15, 0.2) is 36.5 Å². The Labute approximate surface area is 185 Å². The number of aryl methyl sites for hydroxylation is 3. The van der Waals surface area contributed by atoms with E-state index in [2.05, 4.69) is 78.8 Å². The van der Waals surface area contributed by atoms with E-state index < -0.39 is 0 Å². The summed E-state index contributed by atoms with van der Waals surface area (Å²) in [6.45, 7) is 13.9. The molecule has 1 aromatic carbocycles. The van der Waals surface area contributed by atoms with Gasteiger partial charge in [0.2, 0.25) is 0 Å². The maximum absolute atomic E-state index is 5.98. The highest BCUT2D eigenvalue weighted by Gasteiger charge is 2.22. The minimum absolute atomic E-state index is 0.136. The molecular formula is C25H34N6. The van der Waals surface area contributed by atoms with E-state index in [0.717, 1.165) is 55.5 Å². The number of nitrogens with zero attached hydrogens (tertiary/aromatic N) is 4. The molecule has 1 aliphatic rings. The van der Waals surface area contributed by atoms with Crippen molar-refractivity contribution < 1.29 is 0 Å². The molecule has 4 rings (SSSR count). The van der Waals surface area contributed by atoms with E-state index in [9.17, 15) is 0 Å². The van der Waals surface area contributed by atoms with E-state index in [-0.39, 0.29) is 5.54 Å². The SMILES string of the molecule is CCN1Cc2cnc(Nc3cc(CCc4cc(N)ccc4C)nn3C(C)(C)C)cc2C1. The fraction of sp³-hybridized carbons (Fsp3) is 0.440. The predicted octanol–water partition coefficient (Wildman–Crippen LogP) is 4.79. The maximum atomic E-state index is 5.98. The molecule has 0 saturated heterocycles. The summed E-state index contributed by atoms with van der Waals surface area (Å²) in [5, 5.41) is 8.46. The van der Waals surface area contributed by atoms with Gasteiger partial charge in [0, 0.05) is 31.0 Å². The molecule has 0 amide bonds. The molecule has 0 unspecified atom stereocenters. The zero-order chi connectivity index (χ0) is 22.2. The highest BCUT2D eigenvalue weighted by molar-refractivity contribution is 5.55. The number of hydrogen-bond donors (Lipinski definition) is 2. The molecule has 0 aliphatic carbocycles. The first-order valence-corrected chi connectivity index (χ1v) is 11.1. The normalized spacial score (nSPS) is 14.1. The van der Waals surface area contributed by atoms with Crippen LogP contribution < -0.4 is 11.1 Å². The lowest BCUT2D eigenvalue weighted by atomic mass is 10.0. The third-order valence-electron chi connectivity index (χ3n) is 5.99. The third-order valence-corrected chi connectivity index (χ3v) is 5.99. The standard InChI is InChI=1S/C25H34N6/c1-6-30-15-19-12-23(27-14-20(19)16-30)28-24-13-22(29-31(24)25(3,4)5)10-8-18-11-21(26)9-7-17(18)2/h7,9,11-14H,6,8,10,15-16,26H2,1-5H3,(H,27,28). The number of nitrogens with one attached hydrogen (secondary N) is 1. The Morgan fingerprint density at radius 2 is 1.84 bits per heavy atom. The van der Waals surface area contributed by atoms with Gasteiger partial charge in [-0.15, -0.1) is 0 Å². The third kappa shape index (κ3) is 4.74.